The summed E-state index contributed by atoms with van der Waals surface area (Å²) < 4.78 is 3.29. The number of amides is 2. The molecule has 2 amide bonds. The van der Waals surface area contributed by atoms with E-state index in [2.05, 4.69) is 10.5 Å². The maximum atomic E-state index is 12.9. The molecule has 1 unspecified atom stereocenters. The largest absolute Gasteiger partial charge is 0.350 e. The Kier molecular flexibility index (Phi) is 5.43. The molecule has 1 aromatic carbocycles. The maximum absolute atomic E-state index is 12.9. The van der Waals surface area contributed by atoms with Gasteiger partial charge in [0.05, 0.1) is 28.5 Å². The molecular formula is C24H23N7O2. The Morgan fingerprint density at radius 2 is 1.85 bits per heavy atom. The number of carbonyl (C=O) groups excluding carboxylic acids is 1. The van der Waals surface area contributed by atoms with E-state index in [1.807, 2.05) is 59.2 Å². The van der Waals surface area contributed by atoms with Gasteiger partial charge in [-0.15, -0.1) is 0 Å². The Morgan fingerprint density at radius 3 is 2.67 bits per heavy atom. The summed E-state index contributed by atoms with van der Waals surface area (Å²) in [6.45, 7) is 0. The number of nitrogens with two attached hydrogens (primary N) is 1. The van der Waals surface area contributed by atoms with E-state index in [0.29, 0.717) is 24.2 Å². The van der Waals surface area contributed by atoms with Crippen molar-refractivity contribution in [2.24, 2.45) is 10.8 Å². The van der Waals surface area contributed by atoms with Crippen molar-refractivity contribution in [3.63, 3.8) is 0 Å². The van der Waals surface area contributed by atoms with Gasteiger partial charge in [0.25, 0.3) is 5.56 Å². The van der Waals surface area contributed by atoms with Gasteiger partial charge in [-0.3, -0.25) is 4.79 Å². The normalized spacial score (nSPS) is 17.3. The summed E-state index contributed by atoms with van der Waals surface area (Å²) in [5.41, 5.74) is 12.1. The number of pyridine rings is 1. The van der Waals surface area contributed by atoms with E-state index in [9.17, 15) is 9.59 Å². The Hall–Kier alpha value is -4.27. The van der Waals surface area contributed by atoms with Gasteiger partial charge in [-0.25, -0.2) is 19.4 Å². The fourth-order valence-corrected chi connectivity index (χ4v) is 4.33. The molecule has 4 aromatic rings. The molecule has 3 heterocycles. The first kappa shape index (κ1) is 20.6. The molecule has 3 aromatic heterocycles. The second-order valence-corrected chi connectivity index (χ2v) is 7.96. The summed E-state index contributed by atoms with van der Waals surface area (Å²) >= 11 is 0. The minimum absolute atomic E-state index is 0.227. The monoisotopic (exact) mass is 441 g/mol. The Morgan fingerprint density at radius 1 is 1.03 bits per heavy atom. The highest BCUT2D eigenvalue weighted by Crippen LogP contribution is 2.34. The van der Waals surface area contributed by atoms with Crippen molar-refractivity contribution < 1.29 is 4.79 Å². The number of carbonyl (C=O) groups is 1. The van der Waals surface area contributed by atoms with Crippen LogP contribution in [-0.2, 0) is 0 Å². The highest BCUT2D eigenvalue weighted by Gasteiger charge is 2.26. The van der Waals surface area contributed by atoms with Crippen LogP contribution in [0.25, 0.3) is 28.0 Å². The van der Waals surface area contributed by atoms with E-state index in [4.69, 9.17) is 15.9 Å². The molecule has 166 valence electrons. The summed E-state index contributed by atoms with van der Waals surface area (Å²) in [4.78, 5) is 24.0. The molecule has 5 rings (SSSR count). The third-order valence-electron chi connectivity index (χ3n) is 5.82. The number of aromatic nitrogens is 4. The van der Waals surface area contributed by atoms with Crippen LogP contribution in [0.1, 0.15) is 31.7 Å². The van der Waals surface area contributed by atoms with Crippen LogP contribution in [0.5, 0.6) is 0 Å². The Bertz CT molecular complexity index is 1410. The first-order valence-corrected chi connectivity index (χ1v) is 10.9. The SMILES string of the molecule is NC(=O)N/N=C1/CCCCC1n1nc(-c2c(-c3ccccc3)nn3ccccc23)ccc1=O. The quantitative estimate of drug-likeness (QED) is 0.472. The molecule has 0 spiro atoms. The molecule has 9 heteroatoms. The third kappa shape index (κ3) is 4.00. The second-order valence-electron chi connectivity index (χ2n) is 7.96. The Labute approximate surface area is 189 Å². The molecule has 0 radical (unpaired) electrons. The van der Waals surface area contributed by atoms with Crippen molar-refractivity contribution >= 4 is 17.3 Å². The summed E-state index contributed by atoms with van der Waals surface area (Å²) in [6.07, 6.45) is 5.12. The minimum atomic E-state index is -0.736. The molecule has 1 fully saturated rings. The van der Waals surface area contributed by atoms with E-state index in [1.54, 1.807) is 6.07 Å². The van der Waals surface area contributed by atoms with Crippen LogP contribution in [0.3, 0.4) is 0 Å². The van der Waals surface area contributed by atoms with Gasteiger partial charge in [0.1, 0.15) is 5.69 Å². The zero-order valence-electron chi connectivity index (χ0n) is 17.9. The highest BCUT2D eigenvalue weighted by atomic mass is 16.2. The molecule has 1 aliphatic rings. The lowest BCUT2D eigenvalue weighted by molar-refractivity contribution is 0.249. The summed E-state index contributed by atoms with van der Waals surface area (Å²) in [6, 6.07) is 17.9. The van der Waals surface area contributed by atoms with Gasteiger partial charge in [0.15, 0.2) is 0 Å². The van der Waals surface area contributed by atoms with E-state index < -0.39 is 6.03 Å². The van der Waals surface area contributed by atoms with Crippen molar-refractivity contribution in [2.45, 2.75) is 31.7 Å². The maximum Gasteiger partial charge on any atom is 0.332 e. The van der Waals surface area contributed by atoms with Crippen LogP contribution in [-0.4, -0.2) is 31.1 Å². The summed E-state index contributed by atoms with van der Waals surface area (Å²) in [7, 11) is 0. The van der Waals surface area contributed by atoms with Crippen molar-refractivity contribution in [1.29, 1.82) is 0 Å². The van der Waals surface area contributed by atoms with Gasteiger partial charge in [-0.2, -0.15) is 15.3 Å². The van der Waals surface area contributed by atoms with Crippen LogP contribution < -0.4 is 16.7 Å². The fraction of sp³-hybridized carbons (Fsp3) is 0.208. The van der Waals surface area contributed by atoms with Crippen molar-refractivity contribution in [2.75, 3.05) is 0 Å². The first-order chi connectivity index (χ1) is 16.1. The lowest BCUT2D eigenvalue weighted by Crippen LogP contribution is -2.35. The molecule has 0 saturated heterocycles. The number of hydrogen-bond donors (Lipinski definition) is 2. The summed E-state index contributed by atoms with van der Waals surface area (Å²) in [5, 5.41) is 13.7. The minimum Gasteiger partial charge on any atom is -0.350 e. The lowest BCUT2D eigenvalue weighted by atomic mass is 9.93. The number of fused-ring (bicyclic) bond motifs is 1. The van der Waals surface area contributed by atoms with Crippen LogP contribution in [0.4, 0.5) is 4.79 Å². The van der Waals surface area contributed by atoms with Gasteiger partial charge in [-0.05, 0) is 37.5 Å². The second kappa shape index (κ2) is 8.70. The molecule has 0 aliphatic heterocycles. The number of nitrogens with zero attached hydrogens (tertiary/aromatic N) is 5. The average Bonchev–Trinajstić information content (AvgIpc) is 3.24. The van der Waals surface area contributed by atoms with Crippen molar-refractivity contribution in [1.82, 2.24) is 24.8 Å². The number of rotatable bonds is 4. The van der Waals surface area contributed by atoms with Gasteiger partial charge in [0, 0.05) is 17.8 Å². The smallest absolute Gasteiger partial charge is 0.332 e. The van der Waals surface area contributed by atoms with Crippen LogP contribution in [0.2, 0.25) is 0 Å². The number of primary amides is 1. The molecule has 3 N–H and O–H groups in total. The van der Waals surface area contributed by atoms with Gasteiger partial charge in [0.2, 0.25) is 0 Å². The van der Waals surface area contributed by atoms with Gasteiger partial charge >= 0.3 is 6.03 Å². The van der Waals surface area contributed by atoms with Gasteiger partial charge in [-0.1, -0.05) is 42.8 Å². The number of benzene rings is 1. The van der Waals surface area contributed by atoms with Gasteiger partial charge < -0.3 is 5.73 Å². The third-order valence-corrected chi connectivity index (χ3v) is 5.82. The van der Waals surface area contributed by atoms with E-state index in [0.717, 1.165) is 35.2 Å². The molecule has 0 bridgehead atoms. The average molecular weight is 441 g/mol. The topological polar surface area (TPSA) is 120 Å². The number of nitrogens with one attached hydrogen (secondary N) is 1. The zero-order chi connectivity index (χ0) is 22.8. The van der Waals surface area contributed by atoms with Crippen molar-refractivity contribution in [3.05, 3.63) is 77.2 Å². The number of hydrazone groups is 1. The first-order valence-electron chi connectivity index (χ1n) is 10.9. The summed E-state index contributed by atoms with van der Waals surface area (Å²) in [5.74, 6) is 0. The van der Waals surface area contributed by atoms with E-state index in [1.165, 1.54) is 10.7 Å². The van der Waals surface area contributed by atoms with E-state index >= 15 is 0 Å². The number of hydrogen-bond acceptors (Lipinski definition) is 5. The molecule has 1 atom stereocenters. The molecule has 1 saturated carbocycles. The molecule has 33 heavy (non-hydrogen) atoms. The highest BCUT2D eigenvalue weighted by molar-refractivity contribution is 5.91. The fourth-order valence-electron chi connectivity index (χ4n) is 4.33. The standard InChI is InChI=1S/C24H23N7O2/c25-24(33)27-26-17-10-4-5-11-19(17)31-21(32)14-13-18(28-31)22-20-12-6-7-15-30(20)29-23(22)16-8-2-1-3-9-16/h1-3,6-9,12-15,19H,4-5,10-11H2,(H3,25,27,33)/b26-17-. The van der Waals surface area contributed by atoms with Crippen LogP contribution in [0, 0.1) is 0 Å². The van der Waals surface area contributed by atoms with Crippen LogP contribution >= 0.6 is 0 Å². The van der Waals surface area contributed by atoms with Crippen molar-refractivity contribution in [3.8, 4) is 22.5 Å². The predicted octanol–water partition coefficient (Wildman–Crippen LogP) is 3.36. The van der Waals surface area contributed by atoms with Crippen LogP contribution in [0.15, 0.2) is 76.8 Å². The molecule has 9 nitrogen and oxygen atoms in total. The number of urea groups is 1. The zero-order valence-corrected chi connectivity index (χ0v) is 17.9. The lowest BCUT2D eigenvalue weighted by Gasteiger charge is -2.25. The molecule has 1 aliphatic carbocycles. The molecular weight excluding hydrogens is 418 g/mol. The van der Waals surface area contributed by atoms with E-state index in [-0.39, 0.29) is 11.6 Å². The predicted molar refractivity (Wildman–Crippen MR) is 126 cm³/mol. The Balaban J connectivity index is 1.67.